The molecule has 25 heavy (non-hydrogen) atoms. The van der Waals surface area contributed by atoms with Crippen molar-refractivity contribution in [2.45, 2.75) is 19.4 Å². The molecule has 0 bridgehead atoms. The van der Waals surface area contributed by atoms with E-state index in [1.54, 1.807) is 49.3 Å². The third kappa shape index (κ3) is 4.32. The molecule has 0 aliphatic carbocycles. The van der Waals surface area contributed by atoms with Crippen LogP contribution in [0.25, 0.3) is 0 Å². The van der Waals surface area contributed by atoms with Crippen molar-refractivity contribution < 1.29 is 18.7 Å². The summed E-state index contributed by atoms with van der Waals surface area (Å²) in [5.74, 6) is 1.70. The summed E-state index contributed by atoms with van der Waals surface area (Å²) in [5, 5.41) is 2.85. The van der Waals surface area contributed by atoms with Crippen LogP contribution in [0.1, 0.15) is 12.2 Å². The van der Waals surface area contributed by atoms with Crippen molar-refractivity contribution in [3.8, 4) is 11.5 Å². The van der Waals surface area contributed by atoms with Crippen molar-refractivity contribution in [1.29, 1.82) is 0 Å². The van der Waals surface area contributed by atoms with Gasteiger partial charge in [-0.1, -0.05) is 0 Å². The largest absolute Gasteiger partial charge is 0.497 e. The van der Waals surface area contributed by atoms with Crippen LogP contribution < -0.4 is 20.4 Å². The van der Waals surface area contributed by atoms with Gasteiger partial charge in [-0.3, -0.25) is 0 Å². The fraction of sp³-hybridized carbons (Fsp3) is 0.333. The Kier molecular flexibility index (Phi) is 4.92. The Morgan fingerprint density at radius 2 is 2.00 bits per heavy atom. The third-order valence-electron chi connectivity index (χ3n) is 3.94. The molecule has 132 valence electrons. The molecule has 0 radical (unpaired) electrons. The van der Waals surface area contributed by atoms with Gasteiger partial charge in [-0.25, -0.2) is 9.59 Å². The smallest absolute Gasteiger partial charge is 0.339 e. The normalized spacial score (nSPS) is 16.6. The number of nitrogens with one attached hydrogen (secondary N) is 1. The Morgan fingerprint density at radius 1 is 1.24 bits per heavy atom. The SMILES string of the molecule is COc1ccc(NC(=O)N2CCC(Oc3cc(C)oc(=O)c3)C2)cc1. The summed E-state index contributed by atoms with van der Waals surface area (Å²) in [4.78, 5) is 25.4. The number of ether oxygens (including phenoxy) is 2. The maximum absolute atomic E-state index is 12.3. The van der Waals surface area contributed by atoms with E-state index in [-0.39, 0.29) is 12.1 Å². The number of hydrogen-bond donors (Lipinski definition) is 1. The molecule has 0 spiro atoms. The van der Waals surface area contributed by atoms with Gasteiger partial charge in [0.15, 0.2) is 0 Å². The second-order valence-electron chi connectivity index (χ2n) is 5.86. The number of anilines is 1. The zero-order chi connectivity index (χ0) is 17.8. The molecule has 1 aliphatic heterocycles. The van der Waals surface area contributed by atoms with Crippen LogP contribution in [0.2, 0.25) is 0 Å². The molecule has 1 unspecified atom stereocenters. The number of carbonyl (C=O) groups is 1. The lowest BCUT2D eigenvalue weighted by atomic mass is 10.3. The highest BCUT2D eigenvalue weighted by Crippen LogP contribution is 2.20. The van der Waals surface area contributed by atoms with E-state index in [1.165, 1.54) is 6.07 Å². The molecule has 0 saturated carbocycles. The van der Waals surface area contributed by atoms with Gasteiger partial charge in [0.05, 0.1) is 19.7 Å². The zero-order valence-corrected chi connectivity index (χ0v) is 14.2. The van der Waals surface area contributed by atoms with Gasteiger partial charge in [0, 0.05) is 24.7 Å². The van der Waals surface area contributed by atoms with Gasteiger partial charge < -0.3 is 24.1 Å². The van der Waals surface area contributed by atoms with Crippen molar-refractivity contribution in [2.24, 2.45) is 0 Å². The first-order valence-electron chi connectivity index (χ1n) is 8.02. The summed E-state index contributed by atoms with van der Waals surface area (Å²) < 4.78 is 15.8. The van der Waals surface area contributed by atoms with Crippen LogP contribution in [0.15, 0.2) is 45.6 Å². The van der Waals surface area contributed by atoms with Crippen molar-refractivity contribution >= 4 is 11.7 Å². The lowest BCUT2D eigenvalue weighted by Gasteiger charge is -2.18. The van der Waals surface area contributed by atoms with E-state index in [9.17, 15) is 9.59 Å². The van der Waals surface area contributed by atoms with Crippen LogP contribution in [0.3, 0.4) is 0 Å². The lowest BCUT2D eigenvalue weighted by Crippen LogP contribution is -2.34. The monoisotopic (exact) mass is 344 g/mol. The molecule has 3 rings (SSSR count). The van der Waals surface area contributed by atoms with Crippen LogP contribution in [0, 0.1) is 6.92 Å². The number of methoxy groups -OCH3 is 1. The fourth-order valence-electron chi connectivity index (χ4n) is 2.72. The fourth-order valence-corrected chi connectivity index (χ4v) is 2.72. The summed E-state index contributed by atoms with van der Waals surface area (Å²) in [6.45, 7) is 2.74. The lowest BCUT2D eigenvalue weighted by molar-refractivity contribution is 0.193. The molecule has 1 aromatic carbocycles. The van der Waals surface area contributed by atoms with E-state index in [0.717, 1.165) is 5.75 Å². The first-order chi connectivity index (χ1) is 12.0. The Morgan fingerprint density at radius 3 is 2.68 bits per heavy atom. The number of nitrogens with zero attached hydrogens (tertiary/aromatic N) is 1. The van der Waals surface area contributed by atoms with E-state index in [1.807, 2.05) is 0 Å². The first-order valence-corrected chi connectivity index (χ1v) is 8.02. The standard InChI is InChI=1S/C18H20N2O5/c1-12-9-16(10-17(21)24-12)25-15-7-8-20(11-15)18(22)19-13-3-5-14(23-2)6-4-13/h3-6,9-10,15H,7-8,11H2,1-2H3,(H,19,22). The molecular formula is C18H20N2O5. The molecule has 1 N–H and O–H groups in total. The van der Waals surface area contributed by atoms with E-state index in [4.69, 9.17) is 13.9 Å². The van der Waals surface area contributed by atoms with E-state index in [0.29, 0.717) is 36.7 Å². The minimum absolute atomic E-state index is 0.150. The van der Waals surface area contributed by atoms with Crippen molar-refractivity contribution in [1.82, 2.24) is 4.90 Å². The van der Waals surface area contributed by atoms with Gasteiger partial charge in [-0.15, -0.1) is 0 Å². The first kappa shape index (κ1) is 16.9. The van der Waals surface area contributed by atoms with Gasteiger partial charge >= 0.3 is 11.7 Å². The van der Waals surface area contributed by atoms with Gasteiger partial charge in [0.1, 0.15) is 23.4 Å². The number of likely N-dealkylation sites (tertiary alicyclic amines) is 1. The van der Waals surface area contributed by atoms with Gasteiger partial charge in [0.2, 0.25) is 0 Å². The van der Waals surface area contributed by atoms with Crippen LogP contribution in [-0.4, -0.2) is 37.2 Å². The third-order valence-corrected chi connectivity index (χ3v) is 3.94. The molecule has 1 aliphatic rings. The molecule has 7 nitrogen and oxygen atoms in total. The van der Waals surface area contributed by atoms with Crippen molar-refractivity contribution in [3.63, 3.8) is 0 Å². The zero-order valence-electron chi connectivity index (χ0n) is 14.2. The highest BCUT2D eigenvalue weighted by Gasteiger charge is 2.28. The Balaban J connectivity index is 1.56. The highest BCUT2D eigenvalue weighted by molar-refractivity contribution is 5.89. The van der Waals surface area contributed by atoms with Gasteiger partial charge in [-0.05, 0) is 31.2 Å². The van der Waals surface area contributed by atoms with Gasteiger partial charge in [-0.2, -0.15) is 0 Å². The Bertz CT molecular complexity index is 800. The molecule has 2 aromatic rings. The Hall–Kier alpha value is -2.96. The Labute approximate surface area is 145 Å². The van der Waals surface area contributed by atoms with E-state index >= 15 is 0 Å². The van der Waals surface area contributed by atoms with Crippen LogP contribution in [-0.2, 0) is 0 Å². The number of carbonyl (C=O) groups excluding carboxylic acids is 1. The molecule has 1 saturated heterocycles. The second kappa shape index (κ2) is 7.29. The predicted octanol–water partition coefficient (Wildman–Crippen LogP) is 2.64. The van der Waals surface area contributed by atoms with Crippen molar-refractivity contribution in [2.75, 3.05) is 25.5 Å². The van der Waals surface area contributed by atoms with Crippen LogP contribution in [0.4, 0.5) is 10.5 Å². The summed E-state index contributed by atoms with van der Waals surface area (Å²) >= 11 is 0. The second-order valence-corrected chi connectivity index (χ2v) is 5.86. The number of rotatable bonds is 4. The molecule has 2 heterocycles. The number of urea groups is 1. The molecule has 1 atom stereocenters. The van der Waals surface area contributed by atoms with E-state index < -0.39 is 5.63 Å². The average Bonchev–Trinajstić information content (AvgIpc) is 3.03. The van der Waals surface area contributed by atoms with E-state index in [2.05, 4.69) is 5.32 Å². The number of amides is 2. The van der Waals surface area contributed by atoms with Crippen LogP contribution in [0.5, 0.6) is 11.5 Å². The minimum Gasteiger partial charge on any atom is -0.497 e. The summed E-state index contributed by atoms with van der Waals surface area (Å²) in [6.07, 6.45) is 0.554. The minimum atomic E-state index is -0.442. The molecule has 7 heteroatoms. The quantitative estimate of drug-likeness (QED) is 0.922. The molecule has 1 aromatic heterocycles. The topological polar surface area (TPSA) is 81.0 Å². The average molecular weight is 344 g/mol. The number of benzene rings is 1. The highest BCUT2D eigenvalue weighted by atomic mass is 16.5. The molecule has 1 fully saturated rings. The van der Waals surface area contributed by atoms with Gasteiger partial charge in [0.25, 0.3) is 0 Å². The molecular weight excluding hydrogens is 324 g/mol. The maximum Gasteiger partial charge on any atom is 0.339 e. The van der Waals surface area contributed by atoms with Crippen molar-refractivity contribution in [3.05, 3.63) is 52.6 Å². The summed E-state index contributed by atoms with van der Waals surface area (Å²) in [5.41, 5.74) is 0.258. The predicted molar refractivity (Wildman–Crippen MR) is 92.3 cm³/mol. The van der Waals surface area contributed by atoms with Crippen LogP contribution >= 0.6 is 0 Å². The summed E-state index contributed by atoms with van der Waals surface area (Å²) in [6, 6.07) is 9.94. The molecule has 2 amide bonds. The number of hydrogen-bond acceptors (Lipinski definition) is 5. The number of aryl methyl sites for hydroxylation is 1. The maximum atomic E-state index is 12.3. The summed E-state index contributed by atoms with van der Waals surface area (Å²) in [7, 11) is 1.59.